The van der Waals surface area contributed by atoms with Crippen LogP contribution < -0.4 is 5.32 Å². The van der Waals surface area contributed by atoms with Crippen LogP contribution in [0, 0.1) is 5.92 Å². The van der Waals surface area contributed by atoms with Gasteiger partial charge in [0.15, 0.2) is 0 Å². The second-order valence-electron chi connectivity index (χ2n) is 5.43. The van der Waals surface area contributed by atoms with Gasteiger partial charge in [0.25, 0.3) is 0 Å². The summed E-state index contributed by atoms with van der Waals surface area (Å²) in [5.74, 6) is -1.72. The van der Waals surface area contributed by atoms with Crippen LogP contribution in [0.4, 0.5) is 4.79 Å². The Bertz CT molecular complexity index is 561. The summed E-state index contributed by atoms with van der Waals surface area (Å²) in [5, 5.41) is 11.4. The lowest BCUT2D eigenvalue weighted by Crippen LogP contribution is -2.46. The van der Waals surface area contributed by atoms with Gasteiger partial charge in [-0.25, -0.2) is 4.79 Å². The third kappa shape index (κ3) is 5.28. The fourth-order valence-electron chi connectivity index (χ4n) is 2.44. The summed E-state index contributed by atoms with van der Waals surface area (Å²) in [6.45, 7) is 0.643. The van der Waals surface area contributed by atoms with Gasteiger partial charge in [0, 0.05) is 13.1 Å². The van der Waals surface area contributed by atoms with E-state index in [1.54, 1.807) is 0 Å². The zero-order chi connectivity index (χ0) is 16.7. The smallest absolute Gasteiger partial charge is 0.407 e. The summed E-state index contributed by atoms with van der Waals surface area (Å²) >= 11 is 0. The number of amides is 2. The van der Waals surface area contributed by atoms with E-state index in [2.05, 4.69) is 5.32 Å². The lowest BCUT2D eigenvalue weighted by molar-refractivity contribution is -0.145. The molecule has 23 heavy (non-hydrogen) atoms. The van der Waals surface area contributed by atoms with Crippen LogP contribution in [-0.4, -0.2) is 47.6 Å². The first-order valence-electron chi connectivity index (χ1n) is 7.51. The van der Waals surface area contributed by atoms with Crippen LogP contribution in [0.5, 0.6) is 0 Å². The van der Waals surface area contributed by atoms with Crippen molar-refractivity contribution in [3.63, 3.8) is 0 Å². The van der Waals surface area contributed by atoms with Gasteiger partial charge in [-0.15, -0.1) is 0 Å². The van der Waals surface area contributed by atoms with E-state index in [4.69, 9.17) is 9.84 Å². The molecule has 2 rings (SSSR count). The predicted octanol–water partition coefficient (Wildman–Crippen LogP) is 1.24. The third-order valence-corrected chi connectivity index (χ3v) is 3.72. The van der Waals surface area contributed by atoms with E-state index in [0.717, 1.165) is 5.56 Å². The van der Waals surface area contributed by atoms with E-state index in [0.29, 0.717) is 19.4 Å². The quantitative estimate of drug-likeness (QED) is 0.851. The van der Waals surface area contributed by atoms with Crippen molar-refractivity contribution in [2.24, 2.45) is 5.92 Å². The lowest BCUT2D eigenvalue weighted by atomic mass is 9.98. The molecule has 0 spiro atoms. The number of carbonyl (C=O) groups excluding carboxylic acids is 2. The van der Waals surface area contributed by atoms with Crippen molar-refractivity contribution in [3.8, 4) is 0 Å². The van der Waals surface area contributed by atoms with Crippen LogP contribution in [0.25, 0.3) is 0 Å². The number of likely N-dealkylation sites (tertiary alicyclic amines) is 1. The zero-order valence-corrected chi connectivity index (χ0v) is 12.7. The zero-order valence-electron chi connectivity index (χ0n) is 12.7. The van der Waals surface area contributed by atoms with E-state index in [9.17, 15) is 14.4 Å². The number of carbonyl (C=O) groups is 3. The molecule has 0 radical (unpaired) electrons. The fourth-order valence-corrected chi connectivity index (χ4v) is 2.44. The maximum Gasteiger partial charge on any atom is 0.407 e. The van der Waals surface area contributed by atoms with Crippen molar-refractivity contribution in [3.05, 3.63) is 35.9 Å². The Hall–Kier alpha value is -2.57. The van der Waals surface area contributed by atoms with Crippen LogP contribution in [-0.2, 0) is 20.9 Å². The molecule has 1 aromatic carbocycles. The van der Waals surface area contributed by atoms with Gasteiger partial charge in [-0.1, -0.05) is 30.3 Å². The summed E-state index contributed by atoms with van der Waals surface area (Å²) in [4.78, 5) is 36.0. The predicted molar refractivity (Wildman–Crippen MR) is 81.6 cm³/mol. The molecule has 124 valence electrons. The molecule has 0 aliphatic carbocycles. The topological polar surface area (TPSA) is 95.9 Å². The lowest BCUT2D eigenvalue weighted by Gasteiger charge is -2.30. The SMILES string of the molecule is O=C(NCC(=O)N1CCCC(C(=O)O)C1)OCc1ccccc1. The van der Waals surface area contributed by atoms with Crippen LogP contribution in [0.2, 0.25) is 0 Å². The first-order valence-corrected chi connectivity index (χ1v) is 7.51. The second kappa shape index (κ2) is 8.17. The van der Waals surface area contributed by atoms with Gasteiger partial charge in [-0.2, -0.15) is 0 Å². The molecule has 0 bridgehead atoms. The molecule has 7 nitrogen and oxygen atoms in total. The highest BCUT2D eigenvalue weighted by molar-refractivity contribution is 5.83. The average Bonchev–Trinajstić information content (AvgIpc) is 2.58. The maximum atomic E-state index is 12.0. The maximum absolute atomic E-state index is 12.0. The number of hydrogen-bond donors (Lipinski definition) is 2. The molecule has 1 heterocycles. The molecule has 1 aliphatic heterocycles. The number of aliphatic carboxylic acids is 1. The average molecular weight is 320 g/mol. The van der Waals surface area contributed by atoms with Crippen LogP contribution >= 0.6 is 0 Å². The van der Waals surface area contributed by atoms with Gasteiger partial charge in [0.1, 0.15) is 13.2 Å². The molecule has 1 saturated heterocycles. The summed E-state index contributed by atoms with van der Waals surface area (Å²) in [6, 6.07) is 9.21. The Balaban J connectivity index is 1.71. The molecule has 7 heteroatoms. The molecule has 1 fully saturated rings. The number of carboxylic acid groups (broad SMARTS) is 1. The molecule has 0 aromatic heterocycles. The van der Waals surface area contributed by atoms with Crippen molar-refractivity contribution in [1.29, 1.82) is 0 Å². The monoisotopic (exact) mass is 320 g/mol. The van der Waals surface area contributed by atoms with Crippen molar-refractivity contribution < 1.29 is 24.2 Å². The minimum atomic E-state index is -0.891. The third-order valence-electron chi connectivity index (χ3n) is 3.72. The molecule has 1 aromatic rings. The minimum absolute atomic E-state index is 0.131. The van der Waals surface area contributed by atoms with Gasteiger partial charge >= 0.3 is 12.1 Å². The number of ether oxygens (including phenoxy) is 1. The second-order valence-corrected chi connectivity index (χ2v) is 5.43. The number of carboxylic acids is 1. The van der Waals surface area contributed by atoms with Crippen LogP contribution in [0.3, 0.4) is 0 Å². The van der Waals surface area contributed by atoms with Crippen molar-refractivity contribution >= 4 is 18.0 Å². The first kappa shape index (κ1) is 16.8. The Morgan fingerprint density at radius 2 is 2.00 bits per heavy atom. The van der Waals surface area contributed by atoms with E-state index in [1.165, 1.54) is 4.90 Å². The van der Waals surface area contributed by atoms with E-state index < -0.39 is 18.0 Å². The van der Waals surface area contributed by atoms with Crippen molar-refractivity contribution in [1.82, 2.24) is 10.2 Å². The first-order chi connectivity index (χ1) is 11.1. The number of piperidine rings is 1. The standard InChI is InChI=1S/C16H20N2O5/c19-14(18-8-4-7-13(10-18)15(20)21)9-17-16(22)23-11-12-5-2-1-3-6-12/h1-3,5-6,13H,4,7-11H2,(H,17,22)(H,20,21). The Kier molecular flexibility index (Phi) is 5.96. The van der Waals surface area contributed by atoms with E-state index in [-0.39, 0.29) is 25.6 Å². The number of benzene rings is 1. The molecule has 1 aliphatic rings. The number of hydrogen-bond acceptors (Lipinski definition) is 4. The van der Waals surface area contributed by atoms with Gasteiger partial charge < -0.3 is 20.1 Å². The van der Waals surface area contributed by atoms with E-state index >= 15 is 0 Å². The normalized spacial score (nSPS) is 17.4. The van der Waals surface area contributed by atoms with Crippen molar-refractivity contribution in [2.75, 3.05) is 19.6 Å². The number of nitrogens with zero attached hydrogens (tertiary/aromatic N) is 1. The van der Waals surface area contributed by atoms with Gasteiger partial charge in [-0.3, -0.25) is 9.59 Å². The van der Waals surface area contributed by atoms with Crippen LogP contribution in [0.1, 0.15) is 18.4 Å². The summed E-state index contributed by atoms with van der Waals surface area (Å²) in [6.07, 6.45) is 0.557. The van der Waals surface area contributed by atoms with Crippen LogP contribution in [0.15, 0.2) is 30.3 Å². The summed E-state index contributed by atoms with van der Waals surface area (Å²) in [7, 11) is 0. The molecular formula is C16H20N2O5. The number of nitrogens with one attached hydrogen (secondary N) is 1. The Morgan fingerprint density at radius 3 is 2.70 bits per heavy atom. The molecule has 0 saturated carbocycles. The van der Waals surface area contributed by atoms with Crippen molar-refractivity contribution in [2.45, 2.75) is 19.4 Å². The van der Waals surface area contributed by atoms with Gasteiger partial charge in [0.05, 0.1) is 5.92 Å². The highest BCUT2D eigenvalue weighted by Gasteiger charge is 2.28. The number of alkyl carbamates (subject to hydrolysis) is 1. The molecule has 2 amide bonds. The Morgan fingerprint density at radius 1 is 1.26 bits per heavy atom. The number of rotatable bonds is 5. The highest BCUT2D eigenvalue weighted by Crippen LogP contribution is 2.16. The minimum Gasteiger partial charge on any atom is -0.481 e. The largest absolute Gasteiger partial charge is 0.481 e. The van der Waals surface area contributed by atoms with Gasteiger partial charge in [0.2, 0.25) is 5.91 Å². The molecular weight excluding hydrogens is 300 g/mol. The highest BCUT2D eigenvalue weighted by atomic mass is 16.5. The summed E-state index contributed by atoms with van der Waals surface area (Å²) < 4.78 is 5.01. The fraction of sp³-hybridized carbons (Fsp3) is 0.438. The Labute approximate surface area is 134 Å². The van der Waals surface area contributed by atoms with Gasteiger partial charge in [-0.05, 0) is 18.4 Å². The molecule has 1 atom stereocenters. The molecule has 2 N–H and O–H groups in total. The van der Waals surface area contributed by atoms with E-state index in [1.807, 2.05) is 30.3 Å². The molecule has 1 unspecified atom stereocenters. The summed E-state index contributed by atoms with van der Waals surface area (Å²) in [5.41, 5.74) is 0.856.